The van der Waals surface area contributed by atoms with E-state index in [9.17, 15) is 5.11 Å². The van der Waals surface area contributed by atoms with Crippen LogP contribution in [0.15, 0.2) is 40.9 Å². The second-order valence-corrected chi connectivity index (χ2v) is 6.47. The first-order chi connectivity index (χ1) is 9.02. The van der Waals surface area contributed by atoms with Gasteiger partial charge in [0.2, 0.25) is 0 Å². The number of aliphatic hydroxyl groups excluding tert-OH is 1. The van der Waals surface area contributed by atoms with Crippen molar-refractivity contribution in [2.45, 2.75) is 6.10 Å². The monoisotopic (exact) mass is 452 g/mol. The SMILES string of the molecule is COc1cc(C(O)c2cc(I)ccc2Br)ccc1Cl. The fourth-order valence-corrected chi connectivity index (χ4v) is 2.92. The topological polar surface area (TPSA) is 29.5 Å². The van der Waals surface area contributed by atoms with E-state index in [1.807, 2.05) is 18.2 Å². The van der Waals surface area contributed by atoms with Crippen molar-refractivity contribution in [1.82, 2.24) is 0 Å². The zero-order valence-electron chi connectivity index (χ0n) is 10.0. The molecule has 0 fully saturated rings. The summed E-state index contributed by atoms with van der Waals surface area (Å²) >= 11 is 11.7. The Balaban J connectivity index is 2.43. The molecule has 1 N–H and O–H groups in total. The Morgan fingerprint density at radius 1 is 1.26 bits per heavy atom. The molecule has 0 heterocycles. The summed E-state index contributed by atoms with van der Waals surface area (Å²) in [5.41, 5.74) is 1.56. The molecule has 0 saturated carbocycles. The Kier molecular flexibility index (Phi) is 5.11. The molecule has 19 heavy (non-hydrogen) atoms. The molecule has 2 aromatic carbocycles. The van der Waals surface area contributed by atoms with Gasteiger partial charge in [-0.2, -0.15) is 0 Å². The van der Waals surface area contributed by atoms with Crippen molar-refractivity contribution in [1.29, 1.82) is 0 Å². The largest absolute Gasteiger partial charge is 0.495 e. The van der Waals surface area contributed by atoms with E-state index >= 15 is 0 Å². The van der Waals surface area contributed by atoms with Gasteiger partial charge in [-0.15, -0.1) is 0 Å². The average Bonchev–Trinajstić information content (AvgIpc) is 2.41. The van der Waals surface area contributed by atoms with Gasteiger partial charge in [0.15, 0.2) is 0 Å². The zero-order valence-corrected chi connectivity index (χ0v) is 14.5. The van der Waals surface area contributed by atoms with Gasteiger partial charge in [-0.3, -0.25) is 0 Å². The average molecular weight is 454 g/mol. The smallest absolute Gasteiger partial charge is 0.137 e. The summed E-state index contributed by atoms with van der Waals surface area (Å²) in [5.74, 6) is 0.556. The van der Waals surface area contributed by atoms with Crippen LogP contribution in [0.5, 0.6) is 5.75 Å². The van der Waals surface area contributed by atoms with E-state index in [4.69, 9.17) is 16.3 Å². The van der Waals surface area contributed by atoms with Crippen molar-refractivity contribution in [3.05, 3.63) is 60.6 Å². The van der Waals surface area contributed by atoms with Gasteiger partial charge in [0.05, 0.1) is 12.1 Å². The molecule has 5 heteroatoms. The molecule has 1 unspecified atom stereocenters. The van der Waals surface area contributed by atoms with E-state index in [0.717, 1.165) is 19.2 Å². The number of rotatable bonds is 3. The fraction of sp³-hybridized carbons (Fsp3) is 0.143. The molecule has 0 aliphatic rings. The van der Waals surface area contributed by atoms with Crippen LogP contribution in [-0.4, -0.2) is 12.2 Å². The number of hydrogen-bond donors (Lipinski definition) is 1. The summed E-state index contributed by atoms with van der Waals surface area (Å²) in [6, 6.07) is 11.1. The van der Waals surface area contributed by atoms with Crippen LogP contribution in [0.4, 0.5) is 0 Å². The molecule has 0 radical (unpaired) electrons. The number of methoxy groups -OCH3 is 1. The van der Waals surface area contributed by atoms with Crippen molar-refractivity contribution in [3.8, 4) is 5.75 Å². The molecule has 2 nitrogen and oxygen atoms in total. The van der Waals surface area contributed by atoms with E-state index in [-0.39, 0.29) is 0 Å². The van der Waals surface area contributed by atoms with Crippen molar-refractivity contribution in [2.75, 3.05) is 7.11 Å². The van der Waals surface area contributed by atoms with Gasteiger partial charge in [0.25, 0.3) is 0 Å². The third-order valence-electron chi connectivity index (χ3n) is 2.74. The van der Waals surface area contributed by atoms with E-state index < -0.39 is 6.10 Å². The summed E-state index contributed by atoms with van der Waals surface area (Å²) in [6.45, 7) is 0. The minimum absolute atomic E-state index is 0.528. The Bertz CT molecular complexity index is 604. The molecule has 0 bridgehead atoms. The first kappa shape index (κ1) is 15.1. The second kappa shape index (κ2) is 6.43. The summed E-state index contributed by atoms with van der Waals surface area (Å²) in [7, 11) is 1.55. The normalized spacial score (nSPS) is 12.3. The Hall–Kier alpha value is -0.300. The highest BCUT2D eigenvalue weighted by atomic mass is 127. The standard InChI is InChI=1S/C14H11BrClIO2/c1-19-13-6-8(2-5-12(13)16)14(18)10-7-9(17)3-4-11(10)15/h2-7,14,18H,1H3. The summed E-state index contributed by atoms with van der Waals surface area (Å²) in [6.07, 6.45) is -0.727. The lowest BCUT2D eigenvalue weighted by Crippen LogP contribution is -2.01. The third kappa shape index (κ3) is 3.42. The predicted molar refractivity (Wildman–Crippen MR) is 88.9 cm³/mol. The molecular formula is C14H11BrClIO2. The highest BCUT2D eigenvalue weighted by Gasteiger charge is 2.15. The number of halogens is 3. The maximum absolute atomic E-state index is 10.5. The van der Waals surface area contributed by atoms with Crippen molar-refractivity contribution < 1.29 is 9.84 Å². The molecular weight excluding hydrogens is 442 g/mol. The van der Waals surface area contributed by atoms with Gasteiger partial charge < -0.3 is 9.84 Å². The summed E-state index contributed by atoms with van der Waals surface area (Å²) < 4.78 is 7.10. The molecule has 0 aliphatic carbocycles. The molecule has 0 saturated heterocycles. The number of benzene rings is 2. The van der Waals surface area contributed by atoms with Crippen molar-refractivity contribution >= 4 is 50.1 Å². The number of aliphatic hydroxyl groups is 1. The molecule has 100 valence electrons. The first-order valence-corrected chi connectivity index (χ1v) is 7.74. The summed E-state index contributed by atoms with van der Waals surface area (Å²) in [4.78, 5) is 0. The molecule has 2 rings (SSSR count). The first-order valence-electron chi connectivity index (χ1n) is 5.49. The number of ether oxygens (including phenoxy) is 1. The van der Waals surface area contributed by atoms with Crippen LogP contribution in [0.2, 0.25) is 5.02 Å². The maximum Gasteiger partial charge on any atom is 0.137 e. The van der Waals surface area contributed by atoms with Gasteiger partial charge in [0, 0.05) is 13.6 Å². The van der Waals surface area contributed by atoms with E-state index in [2.05, 4.69) is 38.5 Å². The Morgan fingerprint density at radius 2 is 2.00 bits per heavy atom. The van der Waals surface area contributed by atoms with Gasteiger partial charge in [-0.1, -0.05) is 33.6 Å². The molecule has 0 aromatic heterocycles. The van der Waals surface area contributed by atoms with Crippen LogP contribution in [-0.2, 0) is 0 Å². The molecule has 0 amide bonds. The van der Waals surface area contributed by atoms with E-state index in [0.29, 0.717) is 10.8 Å². The van der Waals surface area contributed by atoms with Crippen LogP contribution in [0.25, 0.3) is 0 Å². The van der Waals surface area contributed by atoms with Gasteiger partial charge in [0.1, 0.15) is 11.9 Å². The molecule has 1 atom stereocenters. The molecule has 0 aliphatic heterocycles. The lowest BCUT2D eigenvalue weighted by atomic mass is 10.0. The fourth-order valence-electron chi connectivity index (χ4n) is 1.75. The van der Waals surface area contributed by atoms with Crippen molar-refractivity contribution in [3.63, 3.8) is 0 Å². The minimum atomic E-state index is -0.727. The molecule has 0 spiro atoms. The highest BCUT2D eigenvalue weighted by molar-refractivity contribution is 14.1. The quantitative estimate of drug-likeness (QED) is 0.677. The lowest BCUT2D eigenvalue weighted by Gasteiger charge is -2.15. The van der Waals surface area contributed by atoms with E-state index in [1.165, 1.54) is 0 Å². The predicted octanol–water partition coefficient (Wildman–Crippen LogP) is 4.80. The minimum Gasteiger partial charge on any atom is -0.495 e. The van der Waals surface area contributed by atoms with Crippen LogP contribution in [0, 0.1) is 3.57 Å². The van der Waals surface area contributed by atoms with Crippen molar-refractivity contribution in [2.24, 2.45) is 0 Å². The lowest BCUT2D eigenvalue weighted by molar-refractivity contribution is 0.219. The maximum atomic E-state index is 10.5. The Labute approximate surface area is 139 Å². The summed E-state index contributed by atoms with van der Waals surface area (Å²) in [5, 5.41) is 11.0. The van der Waals surface area contributed by atoms with Gasteiger partial charge in [-0.05, 0) is 58.5 Å². The van der Waals surface area contributed by atoms with Gasteiger partial charge >= 0.3 is 0 Å². The Morgan fingerprint density at radius 3 is 2.68 bits per heavy atom. The molecule has 2 aromatic rings. The van der Waals surface area contributed by atoms with Crippen LogP contribution < -0.4 is 4.74 Å². The second-order valence-electron chi connectivity index (χ2n) is 3.96. The highest BCUT2D eigenvalue weighted by Crippen LogP contribution is 2.33. The van der Waals surface area contributed by atoms with Gasteiger partial charge in [-0.25, -0.2) is 0 Å². The number of hydrogen-bond acceptors (Lipinski definition) is 2. The third-order valence-corrected chi connectivity index (χ3v) is 4.45. The van der Waals surface area contributed by atoms with Crippen LogP contribution >= 0.6 is 50.1 Å². The van der Waals surface area contributed by atoms with E-state index in [1.54, 1.807) is 25.3 Å². The van der Waals surface area contributed by atoms with Crippen LogP contribution in [0.1, 0.15) is 17.2 Å². The zero-order chi connectivity index (χ0) is 14.0. The van der Waals surface area contributed by atoms with Crippen LogP contribution in [0.3, 0.4) is 0 Å².